The van der Waals surface area contributed by atoms with Crippen LogP contribution in [-0.2, 0) is 14.8 Å². The number of sulfonamides is 1. The Balaban J connectivity index is 1.81. The zero-order valence-corrected chi connectivity index (χ0v) is 19.3. The number of nitrogens with one attached hydrogen (secondary N) is 1. The summed E-state index contributed by atoms with van der Waals surface area (Å²) in [6.07, 6.45) is 2.52. The molecule has 1 amide bonds. The molecule has 0 bridgehead atoms. The number of amides is 1. The standard InChI is InChI=1S/C22H28N4O5S/c1-16-8-7-9-19(17(16)2)23-22(27)15-24(3)20-11-10-18(14-21(20)26(28)29)32(30,31)25-12-5-4-6-13-25/h7-11,14H,4-6,12-13,15H2,1-3H3,(H,23,27). The fourth-order valence-corrected chi connectivity index (χ4v) is 5.30. The van der Waals surface area contributed by atoms with Gasteiger partial charge in [-0.2, -0.15) is 4.31 Å². The van der Waals surface area contributed by atoms with Gasteiger partial charge >= 0.3 is 0 Å². The number of rotatable bonds is 7. The average Bonchev–Trinajstić information content (AvgIpc) is 2.77. The number of hydrogen-bond acceptors (Lipinski definition) is 6. The van der Waals surface area contributed by atoms with E-state index >= 15 is 0 Å². The number of nitrogens with zero attached hydrogens (tertiary/aromatic N) is 3. The van der Waals surface area contributed by atoms with Crippen LogP contribution in [0.3, 0.4) is 0 Å². The molecule has 10 heteroatoms. The van der Waals surface area contributed by atoms with Crippen molar-refractivity contribution < 1.29 is 18.1 Å². The molecule has 1 heterocycles. The number of piperidine rings is 1. The minimum Gasteiger partial charge on any atom is -0.360 e. The number of nitro groups is 1. The predicted molar refractivity (Wildman–Crippen MR) is 124 cm³/mol. The average molecular weight is 461 g/mol. The van der Waals surface area contributed by atoms with Gasteiger partial charge in [0, 0.05) is 31.9 Å². The second-order valence-corrected chi connectivity index (χ2v) is 9.96. The summed E-state index contributed by atoms with van der Waals surface area (Å²) in [6, 6.07) is 9.42. The van der Waals surface area contributed by atoms with Gasteiger partial charge in [-0.05, 0) is 56.0 Å². The van der Waals surface area contributed by atoms with Gasteiger partial charge in [0.25, 0.3) is 5.69 Å². The molecule has 0 saturated carbocycles. The van der Waals surface area contributed by atoms with E-state index in [0.717, 1.165) is 36.5 Å². The van der Waals surface area contributed by atoms with E-state index < -0.39 is 14.9 Å². The van der Waals surface area contributed by atoms with Crippen LogP contribution >= 0.6 is 0 Å². The third-order valence-corrected chi connectivity index (χ3v) is 7.66. The normalized spacial score (nSPS) is 14.7. The number of anilines is 2. The zero-order valence-electron chi connectivity index (χ0n) is 18.5. The third kappa shape index (κ3) is 5.08. The van der Waals surface area contributed by atoms with E-state index in [4.69, 9.17) is 0 Å². The molecule has 0 aromatic heterocycles. The van der Waals surface area contributed by atoms with E-state index in [0.29, 0.717) is 18.8 Å². The van der Waals surface area contributed by atoms with Crippen LogP contribution in [0, 0.1) is 24.0 Å². The van der Waals surface area contributed by atoms with Crippen molar-refractivity contribution in [2.75, 3.05) is 36.9 Å². The van der Waals surface area contributed by atoms with Crippen molar-refractivity contribution in [3.05, 3.63) is 57.6 Å². The number of carbonyl (C=O) groups excluding carboxylic acids is 1. The highest BCUT2D eigenvalue weighted by Gasteiger charge is 2.29. The monoisotopic (exact) mass is 460 g/mol. The Morgan fingerprint density at radius 2 is 1.84 bits per heavy atom. The van der Waals surface area contributed by atoms with Crippen molar-refractivity contribution in [1.29, 1.82) is 0 Å². The molecule has 1 aliphatic heterocycles. The maximum absolute atomic E-state index is 12.9. The van der Waals surface area contributed by atoms with Crippen LogP contribution in [0.15, 0.2) is 41.3 Å². The summed E-state index contributed by atoms with van der Waals surface area (Å²) < 4.78 is 27.2. The fourth-order valence-electron chi connectivity index (χ4n) is 3.76. The first-order valence-electron chi connectivity index (χ1n) is 10.5. The second-order valence-electron chi connectivity index (χ2n) is 8.02. The van der Waals surface area contributed by atoms with Gasteiger partial charge in [-0.3, -0.25) is 14.9 Å². The molecule has 2 aromatic carbocycles. The lowest BCUT2D eigenvalue weighted by Gasteiger charge is -2.26. The number of likely N-dealkylation sites (N-methyl/N-ethyl adjacent to an activating group) is 1. The molecular weight excluding hydrogens is 432 g/mol. The van der Waals surface area contributed by atoms with Crippen molar-refractivity contribution >= 4 is 33.0 Å². The number of hydrogen-bond donors (Lipinski definition) is 1. The topological polar surface area (TPSA) is 113 Å². The van der Waals surface area contributed by atoms with E-state index in [9.17, 15) is 23.3 Å². The van der Waals surface area contributed by atoms with Gasteiger partial charge in [0.2, 0.25) is 15.9 Å². The molecule has 9 nitrogen and oxygen atoms in total. The van der Waals surface area contributed by atoms with Crippen molar-refractivity contribution in [3.63, 3.8) is 0 Å². The summed E-state index contributed by atoms with van der Waals surface area (Å²) in [5.74, 6) is -0.333. The molecule has 3 rings (SSSR count). The SMILES string of the molecule is Cc1cccc(NC(=O)CN(C)c2ccc(S(=O)(=O)N3CCCCC3)cc2[N+](=O)[O-])c1C. The van der Waals surface area contributed by atoms with Crippen molar-refractivity contribution in [3.8, 4) is 0 Å². The molecular formula is C22H28N4O5S. The molecule has 1 N–H and O–H groups in total. The predicted octanol–water partition coefficient (Wildman–Crippen LogP) is 3.46. The summed E-state index contributed by atoms with van der Waals surface area (Å²) in [7, 11) is -2.24. The maximum Gasteiger partial charge on any atom is 0.293 e. The molecule has 1 saturated heterocycles. The molecule has 0 unspecified atom stereocenters. The minimum absolute atomic E-state index is 0.108. The molecule has 1 fully saturated rings. The summed E-state index contributed by atoms with van der Waals surface area (Å²) in [5, 5.41) is 14.5. The van der Waals surface area contributed by atoms with Crippen LogP contribution in [0.4, 0.5) is 17.1 Å². The number of carbonyl (C=O) groups is 1. The van der Waals surface area contributed by atoms with Gasteiger partial charge in [0.1, 0.15) is 5.69 Å². The van der Waals surface area contributed by atoms with Gasteiger partial charge in [-0.15, -0.1) is 0 Å². The van der Waals surface area contributed by atoms with Crippen molar-refractivity contribution in [2.45, 2.75) is 38.0 Å². The molecule has 172 valence electrons. The van der Waals surface area contributed by atoms with Gasteiger partial charge < -0.3 is 10.2 Å². The zero-order chi connectivity index (χ0) is 23.5. The van der Waals surface area contributed by atoms with Crippen LogP contribution in [0.5, 0.6) is 0 Å². The van der Waals surface area contributed by atoms with Gasteiger partial charge in [0.05, 0.1) is 16.4 Å². The van der Waals surface area contributed by atoms with E-state index in [1.165, 1.54) is 21.3 Å². The first-order chi connectivity index (χ1) is 15.1. The Hall–Kier alpha value is -2.98. The number of nitro benzene ring substituents is 1. The molecule has 2 aromatic rings. The molecule has 1 aliphatic rings. The lowest BCUT2D eigenvalue weighted by Crippen LogP contribution is -2.35. The Morgan fingerprint density at radius 1 is 1.16 bits per heavy atom. The first kappa shape index (κ1) is 23.7. The highest BCUT2D eigenvalue weighted by Crippen LogP contribution is 2.32. The van der Waals surface area contributed by atoms with Crippen LogP contribution in [-0.4, -0.2) is 50.2 Å². The lowest BCUT2D eigenvalue weighted by atomic mass is 10.1. The molecule has 0 aliphatic carbocycles. The minimum atomic E-state index is -3.80. The maximum atomic E-state index is 12.9. The van der Waals surface area contributed by atoms with E-state index in [1.807, 2.05) is 26.0 Å². The molecule has 32 heavy (non-hydrogen) atoms. The Labute approximate surface area is 188 Å². The van der Waals surface area contributed by atoms with Crippen LogP contribution in [0.25, 0.3) is 0 Å². The van der Waals surface area contributed by atoms with Crippen LogP contribution < -0.4 is 10.2 Å². The van der Waals surface area contributed by atoms with Crippen molar-refractivity contribution in [2.24, 2.45) is 0 Å². The fraction of sp³-hybridized carbons (Fsp3) is 0.409. The highest BCUT2D eigenvalue weighted by atomic mass is 32.2. The molecule has 0 spiro atoms. The van der Waals surface area contributed by atoms with Gasteiger partial charge in [-0.1, -0.05) is 18.6 Å². The van der Waals surface area contributed by atoms with E-state index in [1.54, 1.807) is 13.1 Å². The largest absolute Gasteiger partial charge is 0.360 e. The summed E-state index contributed by atoms with van der Waals surface area (Å²) in [4.78, 5) is 25.0. The third-order valence-electron chi connectivity index (χ3n) is 5.77. The Morgan fingerprint density at radius 3 is 2.50 bits per heavy atom. The second kappa shape index (κ2) is 9.66. The van der Waals surface area contributed by atoms with E-state index in [-0.39, 0.29) is 28.7 Å². The van der Waals surface area contributed by atoms with Crippen LogP contribution in [0.1, 0.15) is 30.4 Å². The van der Waals surface area contributed by atoms with Crippen molar-refractivity contribution in [1.82, 2.24) is 4.31 Å². The smallest absolute Gasteiger partial charge is 0.293 e. The number of aryl methyl sites for hydroxylation is 1. The highest BCUT2D eigenvalue weighted by molar-refractivity contribution is 7.89. The summed E-state index contributed by atoms with van der Waals surface area (Å²) in [6.45, 7) is 4.54. The summed E-state index contributed by atoms with van der Waals surface area (Å²) in [5.41, 5.74) is 2.48. The lowest BCUT2D eigenvalue weighted by molar-refractivity contribution is -0.384. The first-order valence-corrected chi connectivity index (χ1v) is 11.9. The Bertz CT molecular complexity index is 1130. The quantitative estimate of drug-likeness (QED) is 0.500. The molecule has 0 radical (unpaired) electrons. The van der Waals surface area contributed by atoms with E-state index in [2.05, 4.69) is 5.32 Å². The van der Waals surface area contributed by atoms with Gasteiger partial charge in [-0.25, -0.2) is 8.42 Å². The van der Waals surface area contributed by atoms with Crippen LogP contribution in [0.2, 0.25) is 0 Å². The van der Waals surface area contributed by atoms with Gasteiger partial charge in [0.15, 0.2) is 0 Å². The summed E-state index contributed by atoms with van der Waals surface area (Å²) >= 11 is 0. The number of benzene rings is 2. The Kier molecular flexibility index (Phi) is 7.15. The molecule has 0 atom stereocenters.